The molecule has 0 aliphatic carbocycles. The Morgan fingerprint density at radius 2 is 2.06 bits per heavy atom. The van der Waals surface area contributed by atoms with Gasteiger partial charge in [-0.15, -0.1) is 0 Å². The van der Waals surface area contributed by atoms with Crippen molar-refractivity contribution in [2.75, 3.05) is 18.1 Å². The molecule has 1 aromatic rings. The summed E-state index contributed by atoms with van der Waals surface area (Å²) in [5.41, 5.74) is 12.6. The summed E-state index contributed by atoms with van der Waals surface area (Å²) in [4.78, 5) is 0. The zero-order valence-corrected chi connectivity index (χ0v) is 10.5. The van der Waals surface area contributed by atoms with Crippen LogP contribution in [0.5, 0.6) is 0 Å². The highest BCUT2D eigenvalue weighted by Crippen LogP contribution is 2.21. The molecule has 0 fully saturated rings. The van der Waals surface area contributed by atoms with Gasteiger partial charge in [-0.1, -0.05) is 19.1 Å². The molecule has 0 saturated carbocycles. The van der Waals surface area contributed by atoms with Crippen LogP contribution in [-0.2, 0) is 9.84 Å². The zero-order chi connectivity index (χ0) is 13.1. The van der Waals surface area contributed by atoms with E-state index < -0.39 is 27.7 Å². The number of hydrogen-bond acceptors (Lipinski definition) is 5. The lowest BCUT2D eigenvalue weighted by Crippen LogP contribution is -2.37. The number of benzene rings is 1. The Labute approximate surface area is 101 Å². The number of nitrogens with two attached hydrogens (primary N) is 2. The van der Waals surface area contributed by atoms with Crippen LogP contribution in [0.4, 0.5) is 5.69 Å². The summed E-state index contributed by atoms with van der Waals surface area (Å²) in [6, 6.07) is 5.96. The first-order chi connectivity index (χ1) is 7.92. The molecule has 0 bridgehead atoms. The molecule has 1 rings (SSSR count). The van der Waals surface area contributed by atoms with E-state index in [1.165, 1.54) is 6.92 Å². The molecular weight excluding hydrogens is 240 g/mol. The van der Waals surface area contributed by atoms with Crippen molar-refractivity contribution in [3.05, 3.63) is 29.8 Å². The Kier molecular flexibility index (Phi) is 4.50. The zero-order valence-electron chi connectivity index (χ0n) is 9.70. The van der Waals surface area contributed by atoms with Crippen LogP contribution >= 0.6 is 0 Å². The van der Waals surface area contributed by atoms with E-state index in [0.717, 1.165) is 0 Å². The Balaban J connectivity index is 3.06. The SMILES string of the molecule is CCS(=O)(=O)[C@H](CO)[C@H](N)c1cccc(N)c1. The molecule has 1 aromatic carbocycles. The summed E-state index contributed by atoms with van der Waals surface area (Å²) in [6.45, 7) is 1.04. The lowest BCUT2D eigenvalue weighted by molar-refractivity contribution is 0.277. The van der Waals surface area contributed by atoms with Crippen molar-refractivity contribution in [2.24, 2.45) is 5.73 Å². The smallest absolute Gasteiger partial charge is 0.157 e. The van der Waals surface area contributed by atoms with Crippen molar-refractivity contribution in [1.82, 2.24) is 0 Å². The topological polar surface area (TPSA) is 106 Å². The van der Waals surface area contributed by atoms with Gasteiger partial charge in [-0.3, -0.25) is 0 Å². The third kappa shape index (κ3) is 3.18. The summed E-state index contributed by atoms with van der Waals surface area (Å²) in [5.74, 6) is -0.0474. The Morgan fingerprint density at radius 1 is 1.41 bits per heavy atom. The van der Waals surface area contributed by atoms with Gasteiger partial charge in [-0.05, 0) is 17.7 Å². The van der Waals surface area contributed by atoms with E-state index in [9.17, 15) is 13.5 Å². The van der Waals surface area contributed by atoms with Gasteiger partial charge in [-0.25, -0.2) is 8.42 Å². The van der Waals surface area contributed by atoms with E-state index in [0.29, 0.717) is 11.3 Å². The van der Waals surface area contributed by atoms with Crippen molar-refractivity contribution < 1.29 is 13.5 Å². The molecule has 0 saturated heterocycles. The average Bonchev–Trinajstić information content (AvgIpc) is 2.29. The molecule has 5 N–H and O–H groups in total. The van der Waals surface area contributed by atoms with E-state index in [-0.39, 0.29) is 5.75 Å². The fourth-order valence-corrected chi connectivity index (χ4v) is 2.90. The summed E-state index contributed by atoms with van der Waals surface area (Å²) in [7, 11) is -3.39. The second-order valence-corrected chi connectivity index (χ2v) is 6.38. The molecular formula is C11H18N2O3S. The molecule has 0 aliphatic rings. The Morgan fingerprint density at radius 3 is 2.53 bits per heavy atom. The lowest BCUT2D eigenvalue weighted by Gasteiger charge is -2.22. The number of nitrogen functional groups attached to an aromatic ring is 1. The second kappa shape index (κ2) is 5.48. The predicted octanol–water partition coefficient (Wildman–Crippen LogP) is 0.0642. The van der Waals surface area contributed by atoms with Crippen molar-refractivity contribution in [1.29, 1.82) is 0 Å². The molecule has 0 heterocycles. The van der Waals surface area contributed by atoms with Crippen LogP contribution in [0.25, 0.3) is 0 Å². The van der Waals surface area contributed by atoms with Crippen LogP contribution in [0.3, 0.4) is 0 Å². The number of sulfone groups is 1. The highest BCUT2D eigenvalue weighted by Gasteiger charge is 2.30. The first-order valence-corrected chi connectivity index (χ1v) is 7.07. The average molecular weight is 258 g/mol. The van der Waals surface area contributed by atoms with Gasteiger partial charge in [0.1, 0.15) is 5.25 Å². The van der Waals surface area contributed by atoms with Crippen LogP contribution in [-0.4, -0.2) is 31.1 Å². The molecule has 0 unspecified atom stereocenters. The Bertz CT molecular complexity index is 473. The van der Waals surface area contributed by atoms with Gasteiger partial charge in [0.25, 0.3) is 0 Å². The molecule has 0 amide bonds. The number of aliphatic hydroxyl groups is 1. The number of aliphatic hydroxyl groups excluding tert-OH is 1. The predicted molar refractivity (Wildman–Crippen MR) is 68.1 cm³/mol. The summed E-state index contributed by atoms with van der Waals surface area (Å²) in [6.07, 6.45) is 0. The van der Waals surface area contributed by atoms with Gasteiger partial charge in [0, 0.05) is 17.5 Å². The van der Waals surface area contributed by atoms with Gasteiger partial charge >= 0.3 is 0 Å². The summed E-state index contributed by atoms with van der Waals surface area (Å²) < 4.78 is 23.5. The lowest BCUT2D eigenvalue weighted by atomic mass is 10.0. The third-order valence-corrected chi connectivity index (χ3v) is 4.91. The number of rotatable bonds is 5. The minimum absolute atomic E-state index is 0.0474. The Hall–Kier alpha value is -1.11. The van der Waals surface area contributed by atoms with E-state index in [1.807, 2.05) is 0 Å². The van der Waals surface area contributed by atoms with Crippen molar-refractivity contribution in [3.63, 3.8) is 0 Å². The van der Waals surface area contributed by atoms with Crippen molar-refractivity contribution in [3.8, 4) is 0 Å². The maximum atomic E-state index is 11.8. The van der Waals surface area contributed by atoms with Crippen molar-refractivity contribution in [2.45, 2.75) is 18.2 Å². The van der Waals surface area contributed by atoms with Gasteiger partial charge < -0.3 is 16.6 Å². The molecule has 6 heteroatoms. The van der Waals surface area contributed by atoms with Gasteiger partial charge in [0.2, 0.25) is 0 Å². The normalized spacial score (nSPS) is 15.5. The maximum absolute atomic E-state index is 11.8. The summed E-state index contributed by atoms with van der Waals surface area (Å²) in [5, 5.41) is 8.21. The van der Waals surface area contributed by atoms with Crippen LogP contribution in [0.2, 0.25) is 0 Å². The number of anilines is 1. The van der Waals surface area contributed by atoms with Gasteiger partial charge in [-0.2, -0.15) is 0 Å². The van der Waals surface area contributed by atoms with Gasteiger partial charge in [0.15, 0.2) is 9.84 Å². The first kappa shape index (κ1) is 14.0. The third-order valence-electron chi connectivity index (χ3n) is 2.74. The fourth-order valence-electron chi connectivity index (χ4n) is 1.65. The molecule has 2 atom stereocenters. The van der Waals surface area contributed by atoms with Gasteiger partial charge in [0.05, 0.1) is 6.61 Å². The highest BCUT2D eigenvalue weighted by atomic mass is 32.2. The van der Waals surface area contributed by atoms with Crippen LogP contribution < -0.4 is 11.5 Å². The minimum Gasteiger partial charge on any atom is -0.399 e. The molecule has 5 nitrogen and oxygen atoms in total. The first-order valence-electron chi connectivity index (χ1n) is 5.35. The molecule has 96 valence electrons. The van der Waals surface area contributed by atoms with Crippen LogP contribution in [0.1, 0.15) is 18.5 Å². The van der Waals surface area contributed by atoms with E-state index in [1.54, 1.807) is 24.3 Å². The molecule has 17 heavy (non-hydrogen) atoms. The standard InChI is InChI=1S/C11H18N2O3S/c1-2-17(15,16)10(7-14)11(13)8-4-3-5-9(12)6-8/h3-6,10-11,14H,2,7,12-13H2,1H3/t10-,11-/m1/s1. The maximum Gasteiger partial charge on any atom is 0.157 e. The monoisotopic (exact) mass is 258 g/mol. The van der Waals surface area contributed by atoms with Crippen LogP contribution in [0.15, 0.2) is 24.3 Å². The quantitative estimate of drug-likeness (QED) is 0.648. The molecule has 0 aliphatic heterocycles. The molecule has 0 radical (unpaired) electrons. The molecule has 0 aromatic heterocycles. The second-order valence-electron chi connectivity index (χ2n) is 3.87. The molecule has 0 spiro atoms. The van der Waals surface area contributed by atoms with Crippen LogP contribution in [0, 0.1) is 0 Å². The summed E-state index contributed by atoms with van der Waals surface area (Å²) >= 11 is 0. The largest absolute Gasteiger partial charge is 0.399 e. The van der Waals surface area contributed by atoms with E-state index in [4.69, 9.17) is 11.5 Å². The highest BCUT2D eigenvalue weighted by molar-refractivity contribution is 7.92. The minimum atomic E-state index is -3.39. The fraction of sp³-hybridized carbons (Fsp3) is 0.455. The van der Waals surface area contributed by atoms with E-state index >= 15 is 0 Å². The van der Waals surface area contributed by atoms with E-state index in [2.05, 4.69) is 0 Å². The van der Waals surface area contributed by atoms with Crippen molar-refractivity contribution >= 4 is 15.5 Å². The number of hydrogen-bond donors (Lipinski definition) is 3.